The second-order valence-corrected chi connectivity index (χ2v) is 5.76. The van der Waals surface area contributed by atoms with E-state index in [0.717, 1.165) is 27.2 Å². The van der Waals surface area contributed by atoms with E-state index in [2.05, 4.69) is 26.6 Å². The Morgan fingerprint density at radius 3 is 2.68 bits per heavy atom. The summed E-state index contributed by atoms with van der Waals surface area (Å²) < 4.78 is 6.17. The zero-order valence-electron chi connectivity index (χ0n) is 12.7. The summed E-state index contributed by atoms with van der Waals surface area (Å²) in [5, 5.41) is 6.12. The summed E-state index contributed by atoms with van der Waals surface area (Å²) in [6, 6.07) is 13.5. The van der Waals surface area contributed by atoms with E-state index in [1.165, 1.54) is 0 Å². The van der Waals surface area contributed by atoms with Gasteiger partial charge in [-0.3, -0.25) is 4.79 Å². The van der Waals surface area contributed by atoms with E-state index in [1.807, 2.05) is 49.4 Å². The first-order valence-corrected chi connectivity index (χ1v) is 7.82. The van der Waals surface area contributed by atoms with Crippen molar-refractivity contribution in [3.8, 4) is 5.75 Å². The maximum Gasteiger partial charge on any atom is 0.226 e. The first kappa shape index (κ1) is 16.4. The van der Waals surface area contributed by atoms with Crippen LogP contribution in [0.2, 0.25) is 0 Å². The van der Waals surface area contributed by atoms with E-state index in [4.69, 9.17) is 4.74 Å². The van der Waals surface area contributed by atoms with Crippen LogP contribution in [0.1, 0.15) is 12.0 Å². The molecule has 2 rings (SSSR count). The maximum absolute atomic E-state index is 12.0. The van der Waals surface area contributed by atoms with Gasteiger partial charge in [0, 0.05) is 17.4 Å². The molecule has 0 atom stereocenters. The number of rotatable bonds is 6. The molecular formula is C17H19BrN2O2. The number of anilines is 2. The molecular weight excluding hydrogens is 344 g/mol. The Kier molecular flexibility index (Phi) is 5.83. The van der Waals surface area contributed by atoms with Crippen molar-refractivity contribution >= 4 is 33.2 Å². The lowest BCUT2D eigenvalue weighted by atomic mass is 10.2. The van der Waals surface area contributed by atoms with Gasteiger partial charge in [0.25, 0.3) is 0 Å². The van der Waals surface area contributed by atoms with E-state index in [1.54, 1.807) is 7.11 Å². The average Bonchev–Trinajstić information content (AvgIpc) is 2.50. The Morgan fingerprint density at radius 1 is 1.18 bits per heavy atom. The summed E-state index contributed by atoms with van der Waals surface area (Å²) in [4.78, 5) is 12.0. The van der Waals surface area contributed by atoms with Crippen molar-refractivity contribution < 1.29 is 9.53 Å². The van der Waals surface area contributed by atoms with Gasteiger partial charge in [0.1, 0.15) is 5.75 Å². The third-order valence-corrected chi connectivity index (χ3v) is 3.86. The monoisotopic (exact) mass is 362 g/mol. The van der Waals surface area contributed by atoms with Gasteiger partial charge in [-0.15, -0.1) is 0 Å². The van der Waals surface area contributed by atoms with Crippen molar-refractivity contribution in [2.75, 3.05) is 24.3 Å². The standard InChI is InChI=1S/C17H19BrN2O2/c1-12-7-8-16(22-2)15(11-12)19-10-9-17(21)20-14-6-4-3-5-13(14)18/h3-8,11,19H,9-10H2,1-2H3,(H,20,21). The number of ether oxygens (including phenoxy) is 1. The Balaban J connectivity index is 1.87. The molecule has 22 heavy (non-hydrogen) atoms. The van der Waals surface area contributed by atoms with Crippen LogP contribution < -0.4 is 15.4 Å². The van der Waals surface area contributed by atoms with Crippen LogP contribution in [-0.2, 0) is 4.79 Å². The zero-order valence-corrected chi connectivity index (χ0v) is 14.2. The molecule has 0 heterocycles. The fraction of sp³-hybridized carbons (Fsp3) is 0.235. The van der Waals surface area contributed by atoms with Crippen LogP contribution in [0.15, 0.2) is 46.9 Å². The molecule has 1 amide bonds. The van der Waals surface area contributed by atoms with E-state index in [0.29, 0.717) is 13.0 Å². The van der Waals surface area contributed by atoms with Crippen LogP contribution in [0.4, 0.5) is 11.4 Å². The maximum atomic E-state index is 12.0. The largest absolute Gasteiger partial charge is 0.495 e. The number of carbonyl (C=O) groups excluding carboxylic acids is 1. The van der Waals surface area contributed by atoms with Gasteiger partial charge < -0.3 is 15.4 Å². The molecule has 4 nitrogen and oxygen atoms in total. The summed E-state index contributed by atoms with van der Waals surface area (Å²) in [6.45, 7) is 2.56. The molecule has 5 heteroatoms. The van der Waals surface area contributed by atoms with Crippen molar-refractivity contribution in [3.63, 3.8) is 0 Å². The highest BCUT2D eigenvalue weighted by molar-refractivity contribution is 9.10. The first-order chi connectivity index (χ1) is 10.6. The molecule has 0 aliphatic rings. The average molecular weight is 363 g/mol. The minimum absolute atomic E-state index is 0.0361. The minimum Gasteiger partial charge on any atom is -0.495 e. The van der Waals surface area contributed by atoms with Gasteiger partial charge in [0.05, 0.1) is 18.5 Å². The zero-order chi connectivity index (χ0) is 15.9. The lowest BCUT2D eigenvalue weighted by Crippen LogP contribution is -2.16. The first-order valence-electron chi connectivity index (χ1n) is 7.03. The predicted molar refractivity (Wildman–Crippen MR) is 93.6 cm³/mol. The molecule has 0 spiro atoms. The molecule has 0 unspecified atom stereocenters. The van der Waals surface area contributed by atoms with Crippen LogP contribution in [0, 0.1) is 6.92 Å². The molecule has 0 fully saturated rings. The number of nitrogens with one attached hydrogen (secondary N) is 2. The number of hydrogen-bond acceptors (Lipinski definition) is 3. The molecule has 0 saturated carbocycles. The number of amides is 1. The summed E-state index contributed by atoms with van der Waals surface area (Å²) in [5.41, 5.74) is 2.82. The SMILES string of the molecule is COc1ccc(C)cc1NCCC(=O)Nc1ccccc1Br. The molecule has 2 N–H and O–H groups in total. The van der Waals surface area contributed by atoms with Gasteiger partial charge in [-0.2, -0.15) is 0 Å². The molecule has 0 aromatic heterocycles. The van der Waals surface area contributed by atoms with Crippen molar-refractivity contribution in [3.05, 3.63) is 52.5 Å². The van der Waals surface area contributed by atoms with Gasteiger partial charge in [-0.25, -0.2) is 0 Å². The van der Waals surface area contributed by atoms with E-state index in [9.17, 15) is 4.79 Å². The topological polar surface area (TPSA) is 50.4 Å². The van der Waals surface area contributed by atoms with Gasteiger partial charge in [0.15, 0.2) is 0 Å². The second kappa shape index (κ2) is 7.84. The van der Waals surface area contributed by atoms with Crippen LogP contribution in [0.25, 0.3) is 0 Å². The van der Waals surface area contributed by atoms with E-state index >= 15 is 0 Å². The number of carbonyl (C=O) groups is 1. The fourth-order valence-electron chi connectivity index (χ4n) is 2.05. The van der Waals surface area contributed by atoms with Crippen molar-refractivity contribution in [2.24, 2.45) is 0 Å². The number of benzene rings is 2. The van der Waals surface area contributed by atoms with Crippen LogP contribution in [0.5, 0.6) is 5.75 Å². The lowest BCUT2D eigenvalue weighted by Gasteiger charge is -2.12. The molecule has 0 radical (unpaired) electrons. The Hall–Kier alpha value is -2.01. The molecule has 0 saturated heterocycles. The molecule has 2 aromatic rings. The normalized spacial score (nSPS) is 10.1. The molecule has 116 valence electrons. The summed E-state index contributed by atoms with van der Waals surface area (Å²) in [6.07, 6.45) is 0.373. The van der Waals surface area contributed by atoms with Gasteiger partial charge in [-0.05, 0) is 52.7 Å². The van der Waals surface area contributed by atoms with Crippen LogP contribution >= 0.6 is 15.9 Å². The second-order valence-electron chi connectivity index (χ2n) is 4.91. The number of aryl methyl sites for hydroxylation is 1. The fourth-order valence-corrected chi connectivity index (χ4v) is 2.43. The summed E-state index contributed by atoms with van der Waals surface area (Å²) >= 11 is 3.41. The minimum atomic E-state index is -0.0361. The Labute approximate surface area is 139 Å². The number of halogens is 1. The van der Waals surface area contributed by atoms with E-state index < -0.39 is 0 Å². The lowest BCUT2D eigenvalue weighted by molar-refractivity contribution is -0.115. The number of para-hydroxylation sites is 1. The summed E-state index contributed by atoms with van der Waals surface area (Å²) in [5.74, 6) is 0.739. The highest BCUT2D eigenvalue weighted by atomic mass is 79.9. The van der Waals surface area contributed by atoms with Crippen LogP contribution in [0.3, 0.4) is 0 Å². The third kappa shape index (κ3) is 4.49. The quantitative estimate of drug-likeness (QED) is 0.809. The third-order valence-electron chi connectivity index (χ3n) is 3.17. The Morgan fingerprint density at radius 2 is 1.95 bits per heavy atom. The van der Waals surface area contributed by atoms with Crippen molar-refractivity contribution in [2.45, 2.75) is 13.3 Å². The smallest absolute Gasteiger partial charge is 0.226 e. The van der Waals surface area contributed by atoms with Crippen molar-refractivity contribution in [1.82, 2.24) is 0 Å². The predicted octanol–water partition coefficient (Wildman–Crippen LogP) is 4.21. The highest BCUT2D eigenvalue weighted by Crippen LogP contribution is 2.25. The van der Waals surface area contributed by atoms with E-state index in [-0.39, 0.29) is 5.91 Å². The molecule has 0 aliphatic heterocycles. The number of methoxy groups -OCH3 is 1. The van der Waals surface area contributed by atoms with Crippen molar-refractivity contribution in [1.29, 1.82) is 0 Å². The highest BCUT2D eigenvalue weighted by Gasteiger charge is 2.06. The molecule has 0 bridgehead atoms. The van der Waals surface area contributed by atoms with Crippen LogP contribution in [-0.4, -0.2) is 19.6 Å². The molecule has 2 aromatic carbocycles. The van der Waals surface area contributed by atoms with Gasteiger partial charge in [-0.1, -0.05) is 18.2 Å². The van der Waals surface area contributed by atoms with Gasteiger partial charge in [0.2, 0.25) is 5.91 Å². The molecule has 0 aliphatic carbocycles. The van der Waals surface area contributed by atoms with Gasteiger partial charge >= 0.3 is 0 Å². The Bertz CT molecular complexity index is 659. The number of hydrogen-bond donors (Lipinski definition) is 2. The summed E-state index contributed by atoms with van der Waals surface area (Å²) in [7, 11) is 1.63.